The first-order valence-electron chi connectivity index (χ1n) is 6.67. The molecular weight excluding hydrogens is 283 g/mol. The van der Waals surface area contributed by atoms with Crippen LogP contribution in [0, 0.1) is 5.82 Å². The number of anilines is 1. The minimum absolute atomic E-state index is 0.0907. The summed E-state index contributed by atoms with van der Waals surface area (Å²) in [5.41, 5.74) is 2.15. The summed E-state index contributed by atoms with van der Waals surface area (Å²) >= 11 is 0. The van der Waals surface area contributed by atoms with E-state index in [-0.39, 0.29) is 5.75 Å². The molecule has 0 amide bonds. The van der Waals surface area contributed by atoms with Gasteiger partial charge >= 0.3 is 0 Å². The predicted molar refractivity (Wildman–Crippen MR) is 80.7 cm³/mol. The number of hydrogen-bond donors (Lipinski definition) is 2. The van der Waals surface area contributed by atoms with Gasteiger partial charge in [0, 0.05) is 36.1 Å². The molecule has 0 radical (unpaired) electrons. The fourth-order valence-electron chi connectivity index (χ4n) is 2.07. The van der Waals surface area contributed by atoms with E-state index in [0.717, 1.165) is 17.3 Å². The number of phenolic OH excluding ortho intramolecular Hbond substituents is 1. The number of halogens is 1. The minimum atomic E-state index is -0.472. The molecule has 110 valence electrons. The van der Waals surface area contributed by atoms with E-state index in [1.54, 1.807) is 18.5 Å². The standard InChI is InChI=1S/C16H13FN4O/c17-12-4-3-11(15(22)8-12)9-20-16-13(2-1-6-19-16)14-5-7-18-10-21-14/h1-8,10,22H,9H2,(H,19,20). The molecule has 1 aromatic carbocycles. The lowest BCUT2D eigenvalue weighted by molar-refractivity contribution is 0.463. The Hall–Kier alpha value is -3.02. The molecule has 5 nitrogen and oxygen atoms in total. The summed E-state index contributed by atoms with van der Waals surface area (Å²) in [6.07, 6.45) is 4.79. The van der Waals surface area contributed by atoms with Crippen molar-refractivity contribution >= 4 is 5.82 Å². The van der Waals surface area contributed by atoms with Crippen LogP contribution in [-0.4, -0.2) is 20.1 Å². The number of phenols is 1. The summed E-state index contributed by atoms with van der Waals surface area (Å²) in [6, 6.07) is 9.42. The summed E-state index contributed by atoms with van der Waals surface area (Å²) < 4.78 is 13.0. The van der Waals surface area contributed by atoms with Gasteiger partial charge in [-0.15, -0.1) is 0 Å². The lowest BCUT2D eigenvalue weighted by Gasteiger charge is -2.11. The number of aromatic hydroxyl groups is 1. The zero-order valence-corrected chi connectivity index (χ0v) is 11.6. The van der Waals surface area contributed by atoms with E-state index in [1.807, 2.05) is 12.1 Å². The van der Waals surface area contributed by atoms with E-state index < -0.39 is 5.82 Å². The molecule has 0 aliphatic carbocycles. The van der Waals surface area contributed by atoms with Gasteiger partial charge < -0.3 is 10.4 Å². The quantitative estimate of drug-likeness (QED) is 0.774. The molecule has 2 heterocycles. The molecule has 0 fully saturated rings. The first-order valence-corrected chi connectivity index (χ1v) is 6.67. The Bertz CT molecular complexity index is 780. The van der Waals surface area contributed by atoms with Crippen molar-refractivity contribution < 1.29 is 9.50 Å². The molecule has 0 spiro atoms. The van der Waals surface area contributed by atoms with E-state index in [2.05, 4.69) is 20.3 Å². The van der Waals surface area contributed by atoms with E-state index in [1.165, 1.54) is 18.5 Å². The van der Waals surface area contributed by atoms with Crippen LogP contribution in [0.25, 0.3) is 11.3 Å². The number of rotatable bonds is 4. The van der Waals surface area contributed by atoms with Crippen molar-refractivity contribution in [3.63, 3.8) is 0 Å². The van der Waals surface area contributed by atoms with Gasteiger partial charge in [-0.3, -0.25) is 0 Å². The first kappa shape index (κ1) is 13.9. The molecule has 0 atom stereocenters. The Morgan fingerprint density at radius 2 is 2.00 bits per heavy atom. The van der Waals surface area contributed by atoms with E-state index in [0.29, 0.717) is 17.9 Å². The Balaban J connectivity index is 1.84. The van der Waals surface area contributed by atoms with E-state index >= 15 is 0 Å². The van der Waals surface area contributed by atoms with Crippen molar-refractivity contribution in [1.82, 2.24) is 15.0 Å². The van der Waals surface area contributed by atoms with Gasteiger partial charge in [0.25, 0.3) is 0 Å². The molecule has 0 aliphatic rings. The highest BCUT2D eigenvalue weighted by molar-refractivity contribution is 5.71. The Kier molecular flexibility index (Phi) is 3.91. The number of nitrogens with zero attached hydrogens (tertiary/aromatic N) is 3. The molecule has 2 N–H and O–H groups in total. The number of hydrogen-bond acceptors (Lipinski definition) is 5. The second kappa shape index (κ2) is 6.17. The van der Waals surface area contributed by atoms with Gasteiger partial charge in [-0.05, 0) is 24.3 Å². The molecule has 6 heteroatoms. The molecule has 0 saturated carbocycles. The van der Waals surface area contributed by atoms with Crippen molar-refractivity contribution in [2.75, 3.05) is 5.32 Å². The maximum absolute atomic E-state index is 13.0. The average Bonchev–Trinajstić information content (AvgIpc) is 2.55. The van der Waals surface area contributed by atoms with Crippen LogP contribution >= 0.6 is 0 Å². The van der Waals surface area contributed by atoms with Gasteiger partial charge in [-0.2, -0.15) is 0 Å². The zero-order chi connectivity index (χ0) is 15.4. The van der Waals surface area contributed by atoms with Gasteiger partial charge in [0.2, 0.25) is 0 Å². The molecule has 0 bridgehead atoms. The van der Waals surface area contributed by atoms with Crippen LogP contribution in [0.2, 0.25) is 0 Å². The fourth-order valence-corrected chi connectivity index (χ4v) is 2.07. The minimum Gasteiger partial charge on any atom is -0.507 e. The lowest BCUT2D eigenvalue weighted by atomic mass is 10.1. The van der Waals surface area contributed by atoms with Crippen molar-refractivity contribution in [1.29, 1.82) is 0 Å². The zero-order valence-electron chi connectivity index (χ0n) is 11.6. The van der Waals surface area contributed by atoms with Gasteiger partial charge in [0.05, 0.1) is 5.69 Å². The number of benzene rings is 1. The first-order chi connectivity index (χ1) is 10.7. The predicted octanol–water partition coefficient (Wildman–Crippen LogP) is 3.00. The number of nitrogens with one attached hydrogen (secondary N) is 1. The third kappa shape index (κ3) is 3.01. The van der Waals surface area contributed by atoms with Gasteiger partial charge in [0.15, 0.2) is 0 Å². The molecule has 2 aromatic heterocycles. The van der Waals surface area contributed by atoms with Crippen LogP contribution in [0.3, 0.4) is 0 Å². The Morgan fingerprint density at radius 1 is 1.09 bits per heavy atom. The molecule has 3 rings (SSSR count). The third-order valence-electron chi connectivity index (χ3n) is 3.16. The molecule has 22 heavy (non-hydrogen) atoms. The fraction of sp³-hybridized carbons (Fsp3) is 0.0625. The van der Waals surface area contributed by atoms with Crippen molar-refractivity contribution in [2.24, 2.45) is 0 Å². The summed E-state index contributed by atoms with van der Waals surface area (Å²) in [4.78, 5) is 12.4. The van der Waals surface area contributed by atoms with Crippen LogP contribution in [0.1, 0.15) is 5.56 Å². The van der Waals surface area contributed by atoms with Gasteiger partial charge in [-0.25, -0.2) is 19.3 Å². The van der Waals surface area contributed by atoms with E-state index in [4.69, 9.17) is 0 Å². The van der Waals surface area contributed by atoms with Crippen LogP contribution < -0.4 is 5.32 Å². The highest BCUT2D eigenvalue weighted by Gasteiger charge is 2.08. The largest absolute Gasteiger partial charge is 0.507 e. The van der Waals surface area contributed by atoms with Gasteiger partial charge in [-0.1, -0.05) is 6.07 Å². The monoisotopic (exact) mass is 296 g/mol. The Labute approximate surface area is 126 Å². The molecule has 0 unspecified atom stereocenters. The second-order valence-electron chi connectivity index (χ2n) is 4.62. The highest BCUT2D eigenvalue weighted by Crippen LogP contribution is 2.25. The smallest absolute Gasteiger partial charge is 0.135 e. The van der Waals surface area contributed by atoms with Crippen LogP contribution in [0.5, 0.6) is 5.75 Å². The summed E-state index contributed by atoms with van der Waals surface area (Å²) in [7, 11) is 0. The van der Waals surface area contributed by atoms with Crippen molar-refractivity contribution in [2.45, 2.75) is 6.54 Å². The number of pyridine rings is 1. The average molecular weight is 296 g/mol. The maximum Gasteiger partial charge on any atom is 0.135 e. The molecular formula is C16H13FN4O. The van der Waals surface area contributed by atoms with E-state index in [9.17, 15) is 9.50 Å². The third-order valence-corrected chi connectivity index (χ3v) is 3.16. The van der Waals surface area contributed by atoms with Gasteiger partial charge in [0.1, 0.15) is 23.7 Å². The normalized spacial score (nSPS) is 10.4. The van der Waals surface area contributed by atoms with Crippen LogP contribution in [0.4, 0.5) is 10.2 Å². The maximum atomic E-state index is 13.0. The second-order valence-corrected chi connectivity index (χ2v) is 4.62. The molecule has 3 aromatic rings. The SMILES string of the molecule is Oc1cc(F)ccc1CNc1ncccc1-c1ccncn1. The van der Waals surface area contributed by atoms with Crippen molar-refractivity contribution in [3.05, 3.63) is 66.5 Å². The summed E-state index contributed by atoms with van der Waals surface area (Å²) in [6.45, 7) is 0.321. The molecule has 0 saturated heterocycles. The summed E-state index contributed by atoms with van der Waals surface area (Å²) in [5, 5.41) is 12.9. The molecule has 0 aliphatic heterocycles. The number of aromatic nitrogens is 3. The summed E-state index contributed by atoms with van der Waals surface area (Å²) in [5.74, 6) is 0.0673. The highest BCUT2D eigenvalue weighted by atomic mass is 19.1. The van der Waals surface area contributed by atoms with Crippen LogP contribution in [-0.2, 0) is 6.54 Å². The topological polar surface area (TPSA) is 70.9 Å². The Morgan fingerprint density at radius 3 is 2.77 bits per heavy atom. The van der Waals surface area contributed by atoms with Crippen LogP contribution in [0.15, 0.2) is 55.1 Å². The lowest BCUT2D eigenvalue weighted by Crippen LogP contribution is -2.03. The van der Waals surface area contributed by atoms with Crippen molar-refractivity contribution in [3.8, 4) is 17.0 Å².